The highest BCUT2D eigenvalue weighted by Crippen LogP contribution is 2.32. The van der Waals surface area contributed by atoms with Crippen molar-refractivity contribution in [3.8, 4) is 0 Å². The summed E-state index contributed by atoms with van der Waals surface area (Å²) in [6.07, 6.45) is 0.563. The van der Waals surface area contributed by atoms with Crippen LogP contribution in [-0.4, -0.2) is 37.9 Å². The Bertz CT molecular complexity index is 710. The number of carbonyl (C=O) groups is 2. The Kier molecular flexibility index (Phi) is 6.80. The normalized spacial score (nSPS) is 17.9. The maximum Gasteiger partial charge on any atom is 0.513 e. The highest BCUT2D eigenvalue weighted by molar-refractivity contribution is 6.23. The Labute approximate surface area is 154 Å². The van der Waals surface area contributed by atoms with Crippen LogP contribution >= 0.6 is 0 Å². The lowest BCUT2D eigenvalue weighted by molar-refractivity contribution is -0.115. The van der Waals surface area contributed by atoms with Gasteiger partial charge in [0.2, 0.25) is 0 Å². The van der Waals surface area contributed by atoms with Crippen LogP contribution in [0, 0.1) is 13.8 Å². The number of carbonyl (C=O) groups excluding carboxylic acids is 2. The zero-order valence-electron chi connectivity index (χ0n) is 16.0. The van der Waals surface area contributed by atoms with Crippen LogP contribution in [0.25, 0.3) is 5.57 Å². The van der Waals surface area contributed by atoms with Crippen molar-refractivity contribution in [1.82, 2.24) is 5.32 Å². The molecule has 6 heteroatoms. The number of methoxy groups -OCH3 is 1. The van der Waals surface area contributed by atoms with E-state index in [2.05, 4.69) is 5.32 Å². The molecule has 1 amide bonds. The first-order chi connectivity index (χ1) is 12.4. The van der Waals surface area contributed by atoms with E-state index in [1.807, 2.05) is 39.0 Å². The predicted molar refractivity (Wildman–Crippen MR) is 98.6 cm³/mol. The third kappa shape index (κ3) is 4.64. The molecule has 142 valence electrons. The monoisotopic (exact) mass is 361 g/mol. The summed E-state index contributed by atoms with van der Waals surface area (Å²) in [6.45, 7) is 7.75. The van der Waals surface area contributed by atoms with Gasteiger partial charge in [-0.15, -0.1) is 0 Å². The fraction of sp³-hybridized carbons (Fsp3) is 0.500. The summed E-state index contributed by atoms with van der Waals surface area (Å²) in [6, 6.07) is 5.47. The first-order valence-electron chi connectivity index (χ1n) is 8.87. The molecule has 26 heavy (non-hydrogen) atoms. The lowest BCUT2D eigenvalue weighted by Crippen LogP contribution is -2.31. The van der Waals surface area contributed by atoms with Gasteiger partial charge in [-0.3, -0.25) is 4.79 Å². The SMILES string of the molecule is CCOC(=O)OC1=C(c2cc(C)ccc2C)C(=O)N[C@@H]1CC[C@H](C)OC. The number of aryl methyl sites for hydroxylation is 2. The van der Waals surface area contributed by atoms with Crippen LogP contribution in [0.1, 0.15) is 43.4 Å². The lowest BCUT2D eigenvalue weighted by atomic mass is 9.96. The van der Waals surface area contributed by atoms with E-state index in [0.29, 0.717) is 17.8 Å². The predicted octanol–water partition coefficient (Wildman–Crippen LogP) is 3.50. The number of ether oxygens (including phenoxy) is 3. The van der Waals surface area contributed by atoms with Gasteiger partial charge in [0.15, 0.2) is 0 Å². The molecule has 0 spiro atoms. The average molecular weight is 361 g/mol. The molecule has 1 aliphatic heterocycles. The van der Waals surface area contributed by atoms with Gasteiger partial charge in [0.25, 0.3) is 5.91 Å². The summed E-state index contributed by atoms with van der Waals surface area (Å²) in [5, 5.41) is 2.92. The first-order valence-corrected chi connectivity index (χ1v) is 8.87. The van der Waals surface area contributed by atoms with Crippen LogP contribution in [0.5, 0.6) is 0 Å². The number of benzene rings is 1. The van der Waals surface area contributed by atoms with Crippen molar-refractivity contribution < 1.29 is 23.8 Å². The molecule has 0 aliphatic carbocycles. The van der Waals surface area contributed by atoms with E-state index in [1.54, 1.807) is 14.0 Å². The second kappa shape index (κ2) is 8.85. The summed E-state index contributed by atoms with van der Waals surface area (Å²) in [4.78, 5) is 24.6. The second-order valence-electron chi connectivity index (χ2n) is 6.49. The molecule has 1 aromatic rings. The van der Waals surface area contributed by atoms with Gasteiger partial charge in [-0.25, -0.2) is 4.79 Å². The highest BCUT2D eigenvalue weighted by atomic mass is 16.7. The van der Waals surface area contributed by atoms with E-state index in [1.165, 1.54) is 0 Å². The zero-order chi connectivity index (χ0) is 19.3. The molecular weight excluding hydrogens is 334 g/mol. The molecule has 0 saturated carbocycles. The van der Waals surface area contributed by atoms with E-state index >= 15 is 0 Å². The topological polar surface area (TPSA) is 73.9 Å². The lowest BCUT2D eigenvalue weighted by Gasteiger charge is -2.17. The third-order valence-corrected chi connectivity index (χ3v) is 4.48. The van der Waals surface area contributed by atoms with E-state index in [0.717, 1.165) is 23.1 Å². The van der Waals surface area contributed by atoms with Crippen molar-refractivity contribution in [2.45, 2.75) is 52.7 Å². The van der Waals surface area contributed by atoms with Crippen molar-refractivity contribution in [3.63, 3.8) is 0 Å². The minimum Gasteiger partial charge on any atom is -0.434 e. The molecule has 0 bridgehead atoms. The molecule has 0 unspecified atom stereocenters. The Balaban J connectivity index is 2.42. The van der Waals surface area contributed by atoms with Crippen LogP contribution < -0.4 is 5.32 Å². The van der Waals surface area contributed by atoms with Gasteiger partial charge in [0.1, 0.15) is 5.76 Å². The Hall–Kier alpha value is -2.34. The van der Waals surface area contributed by atoms with Crippen LogP contribution in [0.4, 0.5) is 4.79 Å². The highest BCUT2D eigenvalue weighted by Gasteiger charge is 2.36. The molecule has 0 fully saturated rings. The maximum atomic E-state index is 12.7. The first kappa shape index (κ1) is 20.0. The van der Waals surface area contributed by atoms with Gasteiger partial charge in [-0.1, -0.05) is 23.8 Å². The van der Waals surface area contributed by atoms with E-state index in [-0.39, 0.29) is 24.7 Å². The van der Waals surface area contributed by atoms with Gasteiger partial charge in [0, 0.05) is 7.11 Å². The quantitative estimate of drug-likeness (QED) is 0.753. The maximum absolute atomic E-state index is 12.7. The zero-order valence-corrected chi connectivity index (χ0v) is 16.0. The number of nitrogens with one attached hydrogen (secondary N) is 1. The largest absolute Gasteiger partial charge is 0.513 e. The molecule has 2 rings (SSSR count). The van der Waals surface area contributed by atoms with Gasteiger partial charge < -0.3 is 19.5 Å². The minimum atomic E-state index is -0.799. The van der Waals surface area contributed by atoms with E-state index < -0.39 is 6.16 Å². The molecule has 1 aromatic carbocycles. The fourth-order valence-corrected chi connectivity index (χ4v) is 2.92. The summed E-state index contributed by atoms with van der Waals surface area (Å²) in [5.74, 6) is 0.0820. The number of hydrogen-bond acceptors (Lipinski definition) is 5. The smallest absolute Gasteiger partial charge is 0.434 e. The molecule has 1 heterocycles. The van der Waals surface area contributed by atoms with E-state index in [9.17, 15) is 9.59 Å². The summed E-state index contributed by atoms with van der Waals surface area (Å²) in [5.41, 5.74) is 3.13. The molecule has 1 N–H and O–H groups in total. The van der Waals surface area contributed by atoms with Crippen LogP contribution in [0.3, 0.4) is 0 Å². The number of rotatable bonds is 7. The summed E-state index contributed by atoms with van der Waals surface area (Å²) < 4.78 is 15.6. The molecule has 0 radical (unpaired) electrons. The summed E-state index contributed by atoms with van der Waals surface area (Å²) >= 11 is 0. The molecule has 6 nitrogen and oxygen atoms in total. The molecule has 0 saturated heterocycles. The van der Waals surface area contributed by atoms with Crippen LogP contribution in [0.2, 0.25) is 0 Å². The van der Waals surface area contributed by atoms with Gasteiger partial charge in [-0.05, 0) is 51.7 Å². The third-order valence-electron chi connectivity index (χ3n) is 4.48. The van der Waals surface area contributed by atoms with Crippen molar-refractivity contribution in [3.05, 3.63) is 40.6 Å². The van der Waals surface area contributed by atoms with Crippen LogP contribution in [-0.2, 0) is 19.0 Å². The van der Waals surface area contributed by atoms with Crippen molar-refractivity contribution in [1.29, 1.82) is 0 Å². The number of amides is 1. The average Bonchev–Trinajstić information content (AvgIpc) is 2.90. The van der Waals surface area contributed by atoms with Crippen molar-refractivity contribution in [2.75, 3.05) is 13.7 Å². The van der Waals surface area contributed by atoms with Gasteiger partial charge >= 0.3 is 6.16 Å². The number of hydrogen-bond donors (Lipinski definition) is 1. The fourth-order valence-electron chi connectivity index (χ4n) is 2.92. The van der Waals surface area contributed by atoms with E-state index in [4.69, 9.17) is 14.2 Å². The van der Waals surface area contributed by atoms with Crippen molar-refractivity contribution in [2.24, 2.45) is 0 Å². The summed E-state index contributed by atoms with van der Waals surface area (Å²) in [7, 11) is 1.64. The van der Waals surface area contributed by atoms with Crippen LogP contribution in [0.15, 0.2) is 24.0 Å². The van der Waals surface area contributed by atoms with Gasteiger partial charge in [-0.2, -0.15) is 0 Å². The van der Waals surface area contributed by atoms with Gasteiger partial charge in [0.05, 0.1) is 24.3 Å². The molecule has 1 aliphatic rings. The standard InChI is InChI=1S/C20H27NO5/c1-6-25-20(23)26-18-16(10-9-14(4)24-5)21-19(22)17(18)15-11-12(2)7-8-13(15)3/h7-8,11,14,16H,6,9-10H2,1-5H3,(H,21,22)/t14-,16+/m0/s1. The Morgan fingerprint density at radius 2 is 2.04 bits per heavy atom. The molecular formula is C20H27NO5. The molecule has 2 atom stereocenters. The second-order valence-corrected chi connectivity index (χ2v) is 6.49. The minimum absolute atomic E-state index is 0.0421. The molecule has 0 aromatic heterocycles. The van der Waals surface area contributed by atoms with Crippen molar-refractivity contribution >= 4 is 17.6 Å². The Morgan fingerprint density at radius 3 is 2.69 bits per heavy atom. The Morgan fingerprint density at radius 1 is 1.31 bits per heavy atom.